The van der Waals surface area contributed by atoms with Crippen molar-refractivity contribution in [3.63, 3.8) is 0 Å². The van der Waals surface area contributed by atoms with Crippen LogP contribution in [-0.2, 0) is 0 Å². The average molecular weight is 428 g/mol. The van der Waals surface area contributed by atoms with Crippen LogP contribution in [0.1, 0.15) is 23.5 Å². The number of benzene rings is 1. The van der Waals surface area contributed by atoms with E-state index in [-0.39, 0.29) is 12.1 Å². The van der Waals surface area contributed by atoms with Crippen molar-refractivity contribution < 1.29 is 4.74 Å². The summed E-state index contributed by atoms with van der Waals surface area (Å²) in [5.74, 6) is 0.805. The van der Waals surface area contributed by atoms with E-state index in [4.69, 9.17) is 17.0 Å². The van der Waals surface area contributed by atoms with Crippen molar-refractivity contribution in [3.05, 3.63) is 103 Å². The van der Waals surface area contributed by atoms with Gasteiger partial charge in [-0.25, -0.2) is 0 Å². The Kier molecular flexibility index (Phi) is 5.09. The molecule has 31 heavy (non-hydrogen) atoms. The Morgan fingerprint density at radius 2 is 1.71 bits per heavy atom. The van der Waals surface area contributed by atoms with Crippen molar-refractivity contribution in [2.75, 3.05) is 12.0 Å². The number of nitrogens with zero attached hydrogens (tertiary/aromatic N) is 4. The molecule has 1 fully saturated rings. The molecule has 4 heterocycles. The fourth-order valence-electron chi connectivity index (χ4n) is 4.05. The van der Waals surface area contributed by atoms with Gasteiger partial charge in [0.25, 0.3) is 0 Å². The Hall–Kier alpha value is -3.71. The number of thiocarbonyl (C=S) groups is 1. The average Bonchev–Trinajstić information content (AvgIpc) is 3.44. The summed E-state index contributed by atoms with van der Waals surface area (Å²) >= 11 is 5.81. The number of anilines is 1. The zero-order valence-corrected chi connectivity index (χ0v) is 17.7. The summed E-state index contributed by atoms with van der Waals surface area (Å²) in [5, 5.41) is 4.16. The van der Waals surface area contributed by atoms with E-state index < -0.39 is 0 Å². The Bertz CT molecular complexity index is 1180. The maximum Gasteiger partial charge on any atom is 0.174 e. The summed E-state index contributed by atoms with van der Waals surface area (Å²) in [7, 11) is 1.67. The lowest BCUT2D eigenvalue weighted by Gasteiger charge is -2.29. The van der Waals surface area contributed by atoms with Crippen LogP contribution in [-0.4, -0.2) is 26.8 Å². The number of ether oxygens (including phenoxy) is 1. The lowest BCUT2D eigenvalue weighted by atomic mass is 10.0. The first-order valence-corrected chi connectivity index (χ1v) is 10.4. The molecule has 5 rings (SSSR count). The van der Waals surface area contributed by atoms with E-state index in [2.05, 4.69) is 43.1 Å². The number of pyridine rings is 2. The molecular formula is C24H21N5OS. The van der Waals surface area contributed by atoms with E-state index in [9.17, 15) is 0 Å². The third kappa shape index (κ3) is 3.53. The quantitative estimate of drug-likeness (QED) is 0.475. The number of hydrogen-bond acceptors (Lipinski definition) is 4. The molecule has 0 radical (unpaired) electrons. The van der Waals surface area contributed by atoms with Crippen molar-refractivity contribution in [2.24, 2.45) is 0 Å². The predicted molar refractivity (Wildman–Crippen MR) is 124 cm³/mol. The van der Waals surface area contributed by atoms with E-state index in [1.165, 1.54) is 0 Å². The Morgan fingerprint density at radius 3 is 2.42 bits per heavy atom. The van der Waals surface area contributed by atoms with Crippen LogP contribution in [0.25, 0.3) is 5.69 Å². The Labute approximate surface area is 186 Å². The third-order valence-corrected chi connectivity index (χ3v) is 5.79. The van der Waals surface area contributed by atoms with Crippen LogP contribution in [0.4, 0.5) is 5.69 Å². The molecule has 1 aliphatic heterocycles. The smallest absolute Gasteiger partial charge is 0.174 e. The molecule has 0 spiro atoms. The number of methoxy groups -OCH3 is 1. The topological polar surface area (TPSA) is 55.2 Å². The fraction of sp³-hybridized carbons (Fsp3) is 0.125. The normalized spacial score (nSPS) is 18.1. The minimum absolute atomic E-state index is 0.0982. The first kappa shape index (κ1) is 19.3. The molecule has 4 aromatic rings. The maximum atomic E-state index is 5.81. The first-order valence-electron chi connectivity index (χ1n) is 9.98. The molecule has 2 atom stereocenters. The van der Waals surface area contributed by atoms with Crippen LogP contribution < -0.4 is 15.0 Å². The van der Waals surface area contributed by atoms with Crippen LogP contribution in [0, 0.1) is 0 Å². The first-order chi connectivity index (χ1) is 15.3. The monoisotopic (exact) mass is 427 g/mol. The van der Waals surface area contributed by atoms with Gasteiger partial charge in [-0.2, -0.15) is 0 Å². The van der Waals surface area contributed by atoms with E-state index in [0.717, 1.165) is 28.5 Å². The van der Waals surface area contributed by atoms with Crippen LogP contribution in [0.3, 0.4) is 0 Å². The second-order valence-corrected chi connectivity index (χ2v) is 7.59. The number of hydrogen-bond donors (Lipinski definition) is 1. The highest BCUT2D eigenvalue weighted by Gasteiger charge is 2.42. The van der Waals surface area contributed by atoms with Gasteiger partial charge in [-0.1, -0.05) is 6.07 Å². The van der Waals surface area contributed by atoms with Gasteiger partial charge in [-0.3, -0.25) is 9.97 Å². The zero-order chi connectivity index (χ0) is 21.2. The number of rotatable bonds is 5. The lowest BCUT2D eigenvalue weighted by Crippen LogP contribution is -2.30. The summed E-state index contributed by atoms with van der Waals surface area (Å²) in [5.41, 5.74) is 4.07. The highest BCUT2D eigenvalue weighted by atomic mass is 32.1. The summed E-state index contributed by atoms with van der Waals surface area (Å²) in [6.45, 7) is 0. The fourth-order valence-corrected chi connectivity index (χ4v) is 4.40. The molecule has 1 saturated heterocycles. The van der Waals surface area contributed by atoms with Gasteiger partial charge in [0, 0.05) is 41.9 Å². The lowest BCUT2D eigenvalue weighted by molar-refractivity contribution is 0.415. The van der Waals surface area contributed by atoms with Gasteiger partial charge in [-0.15, -0.1) is 0 Å². The summed E-state index contributed by atoms with van der Waals surface area (Å²) in [4.78, 5) is 10.9. The standard InChI is InChI=1S/C24H21N5OS/c1-30-19-9-7-18(8-10-19)29-23(22(27-24(29)31)20-5-2-3-13-26-20)21-6-4-16-28(21)17-11-14-25-15-12-17/h2-16,22-23H,1H3,(H,27,31)/t22-,23+/m0/s1. The van der Waals surface area contributed by atoms with Gasteiger partial charge in [-0.05, 0) is 72.9 Å². The molecule has 1 aliphatic rings. The van der Waals surface area contributed by atoms with Gasteiger partial charge < -0.3 is 19.5 Å². The van der Waals surface area contributed by atoms with E-state index in [1.807, 2.05) is 60.8 Å². The van der Waals surface area contributed by atoms with Gasteiger partial charge in [0.15, 0.2) is 5.11 Å². The predicted octanol–water partition coefficient (Wildman–Crippen LogP) is 4.45. The molecule has 6 nitrogen and oxygen atoms in total. The highest BCUT2D eigenvalue weighted by Crippen LogP contribution is 2.42. The maximum absolute atomic E-state index is 5.81. The minimum Gasteiger partial charge on any atom is -0.497 e. The van der Waals surface area contributed by atoms with E-state index in [0.29, 0.717) is 5.11 Å². The van der Waals surface area contributed by atoms with Crippen LogP contribution >= 0.6 is 12.2 Å². The molecule has 0 aliphatic carbocycles. The van der Waals surface area contributed by atoms with Crippen molar-refractivity contribution >= 4 is 23.0 Å². The van der Waals surface area contributed by atoms with Gasteiger partial charge in [0.05, 0.1) is 18.8 Å². The van der Waals surface area contributed by atoms with E-state index >= 15 is 0 Å². The molecule has 7 heteroatoms. The molecular weight excluding hydrogens is 406 g/mol. The molecule has 3 aromatic heterocycles. The number of aromatic nitrogens is 3. The van der Waals surface area contributed by atoms with Crippen LogP contribution in [0.5, 0.6) is 5.75 Å². The Balaban J connectivity index is 1.65. The van der Waals surface area contributed by atoms with Crippen LogP contribution in [0.2, 0.25) is 0 Å². The summed E-state index contributed by atoms with van der Waals surface area (Å²) in [6, 6.07) is 21.9. The molecule has 1 aromatic carbocycles. The highest BCUT2D eigenvalue weighted by molar-refractivity contribution is 7.80. The van der Waals surface area contributed by atoms with Crippen molar-refractivity contribution in [1.29, 1.82) is 0 Å². The van der Waals surface area contributed by atoms with E-state index in [1.54, 1.807) is 19.5 Å². The second kappa shape index (κ2) is 8.20. The van der Waals surface area contributed by atoms with Crippen molar-refractivity contribution in [2.45, 2.75) is 12.1 Å². The molecule has 0 saturated carbocycles. The molecule has 1 N–H and O–H groups in total. The second-order valence-electron chi connectivity index (χ2n) is 7.20. The third-order valence-electron chi connectivity index (χ3n) is 5.47. The van der Waals surface area contributed by atoms with Crippen molar-refractivity contribution in [3.8, 4) is 11.4 Å². The molecule has 154 valence electrons. The van der Waals surface area contributed by atoms with Crippen molar-refractivity contribution in [1.82, 2.24) is 19.9 Å². The number of nitrogens with one attached hydrogen (secondary N) is 1. The largest absolute Gasteiger partial charge is 0.497 e. The van der Waals surface area contributed by atoms with Gasteiger partial charge >= 0.3 is 0 Å². The zero-order valence-electron chi connectivity index (χ0n) is 16.9. The van der Waals surface area contributed by atoms with Crippen LogP contribution in [0.15, 0.2) is 91.5 Å². The summed E-state index contributed by atoms with van der Waals surface area (Å²) in [6.07, 6.45) is 7.48. The summed E-state index contributed by atoms with van der Waals surface area (Å²) < 4.78 is 7.51. The molecule has 0 amide bonds. The molecule has 0 bridgehead atoms. The SMILES string of the molecule is COc1ccc(N2C(=S)N[C@@H](c3ccccn3)[C@H]2c2cccn2-c2ccncc2)cc1. The minimum atomic E-state index is -0.105. The molecule has 0 unspecified atom stereocenters. The van der Waals surface area contributed by atoms with Gasteiger partial charge in [0.1, 0.15) is 11.8 Å². The Morgan fingerprint density at radius 1 is 0.903 bits per heavy atom. The van der Waals surface area contributed by atoms with Gasteiger partial charge in [0.2, 0.25) is 0 Å².